The van der Waals surface area contributed by atoms with E-state index in [1.807, 2.05) is 0 Å². The molecule has 5 heteroatoms. The van der Waals surface area contributed by atoms with Crippen LogP contribution in [0.15, 0.2) is 18.2 Å². The predicted octanol–water partition coefficient (Wildman–Crippen LogP) is 3.38. The third-order valence-electron chi connectivity index (χ3n) is 2.26. The van der Waals surface area contributed by atoms with Crippen molar-refractivity contribution >= 4 is 0 Å². The Morgan fingerprint density at radius 3 is 2.18 bits per heavy atom. The van der Waals surface area contributed by atoms with Gasteiger partial charge in [-0.15, -0.1) is 13.2 Å². The molecule has 0 amide bonds. The molecule has 0 aliphatic heterocycles. The third kappa shape index (κ3) is 3.93. The molecular formula is C12H15F3O2. The third-order valence-corrected chi connectivity index (χ3v) is 2.26. The SMILES string of the molecule is CC(C)(C)c1ccc(CO)cc1OC(F)(F)F. The monoisotopic (exact) mass is 248 g/mol. The largest absolute Gasteiger partial charge is 0.573 e. The van der Waals surface area contributed by atoms with E-state index in [2.05, 4.69) is 4.74 Å². The molecule has 1 aromatic carbocycles. The molecular weight excluding hydrogens is 233 g/mol. The molecule has 0 fully saturated rings. The lowest BCUT2D eigenvalue weighted by Crippen LogP contribution is -2.21. The molecule has 0 saturated carbocycles. The minimum atomic E-state index is -4.73. The zero-order valence-electron chi connectivity index (χ0n) is 9.93. The second-order valence-electron chi connectivity index (χ2n) is 4.79. The van der Waals surface area contributed by atoms with Crippen LogP contribution in [0.5, 0.6) is 5.75 Å². The van der Waals surface area contributed by atoms with E-state index in [1.165, 1.54) is 6.07 Å². The van der Waals surface area contributed by atoms with E-state index >= 15 is 0 Å². The van der Waals surface area contributed by atoms with E-state index in [9.17, 15) is 13.2 Å². The zero-order chi connectivity index (χ0) is 13.3. The van der Waals surface area contributed by atoms with E-state index < -0.39 is 11.8 Å². The van der Waals surface area contributed by atoms with Crippen LogP contribution < -0.4 is 4.74 Å². The molecule has 1 rings (SSSR count). The lowest BCUT2D eigenvalue weighted by Gasteiger charge is -2.23. The summed E-state index contributed by atoms with van der Waals surface area (Å²) in [6.45, 7) is 5.07. The van der Waals surface area contributed by atoms with Crippen molar-refractivity contribution in [2.45, 2.75) is 39.2 Å². The van der Waals surface area contributed by atoms with Gasteiger partial charge in [0.15, 0.2) is 0 Å². The maximum Gasteiger partial charge on any atom is 0.573 e. The summed E-state index contributed by atoms with van der Waals surface area (Å²) in [4.78, 5) is 0. The molecule has 1 N–H and O–H groups in total. The molecule has 0 radical (unpaired) electrons. The Bertz CT molecular complexity index is 392. The minimum absolute atomic E-state index is 0.253. The first-order valence-electron chi connectivity index (χ1n) is 5.13. The van der Waals surface area contributed by atoms with E-state index in [1.54, 1.807) is 32.9 Å². The smallest absolute Gasteiger partial charge is 0.405 e. The standard InChI is InChI=1S/C12H15F3O2/c1-11(2,3)9-5-4-8(7-16)6-10(9)17-12(13,14)15/h4-6,16H,7H2,1-3H3. The van der Waals surface area contributed by atoms with Gasteiger partial charge in [-0.3, -0.25) is 0 Å². The average Bonchev–Trinajstić information content (AvgIpc) is 2.13. The van der Waals surface area contributed by atoms with Crippen molar-refractivity contribution in [2.75, 3.05) is 0 Å². The van der Waals surface area contributed by atoms with Gasteiger partial charge in [-0.05, 0) is 22.6 Å². The van der Waals surface area contributed by atoms with Crippen LogP contribution in [-0.2, 0) is 12.0 Å². The van der Waals surface area contributed by atoms with Gasteiger partial charge in [0, 0.05) is 0 Å². The van der Waals surface area contributed by atoms with Gasteiger partial charge in [0.05, 0.1) is 6.61 Å². The summed E-state index contributed by atoms with van der Waals surface area (Å²) < 4.78 is 40.8. The quantitative estimate of drug-likeness (QED) is 0.869. The van der Waals surface area contributed by atoms with E-state index in [0.29, 0.717) is 11.1 Å². The van der Waals surface area contributed by atoms with Crippen LogP contribution in [0, 0.1) is 0 Å². The fourth-order valence-corrected chi connectivity index (χ4v) is 1.49. The number of alkyl halides is 3. The topological polar surface area (TPSA) is 29.5 Å². The number of hydrogen-bond donors (Lipinski definition) is 1. The molecule has 0 spiro atoms. The van der Waals surface area contributed by atoms with Crippen LogP contribution in [0.3, 0.4) is 0 Å². The lowest BCUT2D eigenvalue weighted by molar-refractivity contribution is -0.275. The summed E-state index contributed by atoms with van der Waals surface area (Å²) >= 11 is 0. The Labute approximate surface area is 98.0 Å². The molecule has 0 aromatic heterocycles. The molecule has 2 nitrogen and oxygen atoms in total. The molecule has 17 heavy (non-hydrogen) atoms. The van der Waals surface area contributed by atoms with Crippen molar-refractivity contribution in [1.29, 1.82) is 0 Å². The highest BCUT2D eigenvalue weighted by Gasteiger charge is 2.33. The van der Waals surface area contributed by atoms with Gasteiger partial charge in [0.25, 0.3) is 0 Å². The molecule has 0 aliphatic rings. The Morgan fingerprint density at radius 1 is 1.18 bits per heavy atom. The van der Waals surface area contributed by atoms with Crippen LogP contribution in [0.25, 0.3) is 0 Å². The number of aliphatic hydroxyl groups is 1. The maximum atomic E-state index is 12.3. The van der Waals surface area contributed by atoms with Crippen LogP contribution in [-0.4, -0.2) is 11.5 Å². The molecule has 0 bridgehead atoms. The van der Waals surface area contributed by atoms with Crippen molar-refractivity contribution in [3.8, 4) is 5.75 Å². The number of benzene rings is 1. The van der Waals surface area contributed by atoms with Gasteiger partial charge in [-0.1, -0.05) is 32.9 Å². The van der Waals surface area contributed by atoms with Gasteiger partial charge in [0.2, 0.25) is 0 Å². The first-order valence-corrected chi connectivity index (χ1v) is 5.13. The van der Waals surface area contributed by atoms with Crippen LogP contribution in [0.2, 0.25) is 0 Å². The minimum Gasteiger partial charge on any atom is -0.405 e. The van der Waals surface area contributed by atoms with Crippen molar-refractivity contribution in [3.05, 3.63) is 29.3 Å². The molecule has 1 aromatic rings. The first kappa shape index (κ1) is 13.8. The first-order chi connectivity index (χ1) is 7.63. The second kappa shape index (κ2) is 4.56. The molecule has 0 atom stereocenters. The lowest BCUT2D eigenvalue weighted by atomic mass is 9.86. The fraction of sp³-hybridized carbons (Fsp3) is 0.500. The number of rotatable bonds is 2. The predicted molar refractivity (Wildman–Crippen MR) is 57.7 cm³/mol. The van der Waals surface area contributed by atoms with Gasteiger partial charge >= 0.3 is 6.36 Å². The Morgan fingerprint density at radius 2 is 1.76 bits per heavy atom. The highest BCUT2D eigenvalue weighted by atomic mass is 19.4. The normalized spacial score (nSPS) is 12.6. The highest BCUT2D eigenvalue weighted by Crippen LogP contribution is 2.35. The Balaban J connectivity index is 3.22. The van der Waals surface area contributed by atoms with E-state index in [0.717, 1.165) is 0 Å². The molecule has 0 aliphatic carbocycles. The molecule has 96 valence electrons. The van der Waals surface area contributed by atoms with Crippen LogP contribution >= 0.6 is 0 Å². The molecule has 0 saturated heterocycles. The molecule has 0 heterocycles. The summed E-state index contributed by atoms with van der Waals surface area (Å²) in [7, 11) is 0. The second-order valence-corrected chi connectivity index (χ2v) is 4.79. The van der Waals surface area contributed by atoms with Crippen molar-refractivity contribution in [3.63, 3.8) is 0 Å². The van der Waals surface area contributed by atoms with Gasteiger partial charge in [-0.25, -0.2) is 0 Å². The summed E-state index contributed by atoms with van der Waals surface area (Å²) in [6.07, 6.45) is -4.73. The van der Waals surface area contributed by atoms with Gasteiger partial charge < -0.3 is 9.84 Å². The maximum absolute atomic E-state index is 12.3. The summed E-state index contributed by atoms with van der Waals surface area (Å²) in [6, 6.07) is 4.35. The van der Waals surface area contributed by atoms with E-state index in [4.69, 9.17) is 5.11 Å². The Hall–Kier alpha value is -1.23. The highest BCUT2D eigenvalue weighted by molar-refractivity contribution is 5.41. The van der Waals surface area contributed by atoms with E-state index in [-0.39, 0.29) is 12.4 Å². The number of halogens is 3. The summed E-state index contributed by atoms with van der Waals surface area (Å²) in [5.74, 6) is -0.253. The van der Waals surface area contributed by atoms with Crippen molar-refractivity contribution < 1.29 is 23.0 Å². The van der Waals surface area contributed by atoms with Crippen LogP contribution in [0.4, 0.5) is 13.2 Å². The Kier molecular flexibility index (Phi) is 3.71. The van der Waals surface area contributed by atoms with Gasteiger partial charge in [-0.2, -0.15) is 0 Å². The number of hydrogen-bond acceptors (Lipinski definition) is 2. The van der Waals surface area contributed by atoms with Crippen LogP contribution in [0.1, 0.15) is 31.9 Å². The van der Waals surface area contributed by atoms with Gasteiger partial charge in [0.1, 0.15) is 5.75 Å². The zero-order valence-corrected chi connectivity index (χ0v) is 9.93. The number of aliphatic hydroxyl groups excluding tert-OH is 1. The fourth-order valence-electron chi connectivity index (χ4n) is 1.49. The average molecular weight is 248 g/mol. The van der Waals surface area contributed by atoms with Crippen molar-refractivity contribution in [2.24, 2.45) is 0 Å². The summed E-state index contributed by atoms with van der Waals surface area (Å²) in [5, 5.41) is 8.92. The molecule has 0 unspecified atom stereocenters. The van der Waals surface area contributed by atoms with Crippen molar-refractivity contribution in [1.82, 2.24) is 0 Å². The number of ether oxygens (including phenoxy) is 1. The summed E-state index contributed by atoms with van der Waals surface area (Å²) in [5.41, 5.74) is 0.374.